The van der Waals surface area contributed by atoms with Crippen molar-refractivity contribution in [3.8, 4) is 5.88 Å². The number of carbonyl (C=O) groups excluding carboxylic acids is 1. The van der Waals surface area contributed by atoms with E-state index in [1.807, 2.05) is 13.8 Å². The number of pyridine rings is 1. The Bertz CT molecular complexity index is 708. The van der Waals surface area contributed by atoms with Gasteiger partial charge in [0.1, 0.15) is 5.69 Å². The molecule has 0 saturated heterocycles. The summed E-state index contributed by atoms with van der Waals surface area (Å²) in [4.78, 5) is 20.8. The molecule has 1 aliphatic carbocycles. The van der Waals surface area contributed by atoms with E-state index in [-0.39, 0.29) is 18.4 Å². The molecule has 7 heteroatoms. The number of amides is 1. The maximum atomic E-state index is 12.2. The molecule has 0 radical (unpaired) electrons. The van der Waals surface area contributed by atoms with Gasteiger partial charge in [0.05, 0.1) is 6.10 Å². The van der Waals surface area contributed by atoms with Crippen LogP contribution in [0.3, 0.4) is 0 Å². The summed E-state index contributed by atoms with van der Waals surface area (Å²) < 4.78 is 10.9. The first kappa shape index (κ1) is 17.4. The number of hydrogen-bond donors (Lipinski definition) is 1. The van der Waals surface area contributed by atoms with Crippen LogP contribution >= 0.6 is 0 Å². The first-order valence-corrected chi connectivity index (χ1v) is 8.86. The monoisotopic (exact) mass is 344 g/mol. The van der Waals surface area contributed by atoms with Crippen LogP contribution in [0.5, 0.6) is 5.88 Å². The smallest absolute Gasteiger partial charge is 0.238 e. The summed E-state index contributed by atoms with van der Waals surface area (Å²) in [5, 5.41) is 6.89. The number of ether oxygens (including phenoxy) is 1. The maximum Gasteiger partial charge on any atom is 0.238 e. The Morgan fingerprint density at radius 2 is 2.20 bits per heavy atom. The molecular weight excluding hydrogens is 320 g/mol. The summed E-state index contributed by atoms with van der Waals surface area (Å²) in [7, 11) is 0. The van der Waals surface area contributed by atoms with Crippen LogP contribution in [0, 0.1) is 0 Å². The van der Waals surface area contributed by atoms with Crippen molar-refractivity contribution in [2.24, 2.45) is 0 Å². The minimum atomic E-state index is -0.137. The summed E-state index contributed by atoms with van der Waals surface area (Å²) in [5.41, 5.74) is 0.568. The molecule has 7 nitrogen and oxygen atoms in total. The number of nitrogens with zero attached hydrogens (tertiary/aromatic N) is 3. The molecule has 25 heavy (non-hydrogen) atoms. The van der Waals surface area contributed by atoms with Gasteiger partial charge in [0.25, 0.3) is 0 Å². The highest BCUT2D eigenvalue weighted by Gasteiger charge is 2.22. The molecule has 134 valence electrons. The molecule has 0 spiro atoms. The third-order valence-corrected chi connectivity index (χ3v) is 4.16. The lowest BCUT2D eigenvalue weighted by atomic mass is 10.1. The van der Waals surface area contributed by atoms with Gasteiger partial charge < -0.3 is 14.6 Å². The predicted octanol–water partition coefficient (Wildman–Crippen LogP) is 3.48. The molecule has 1 amide bonds. The van der Waals surface area contributed by atoms with Gasteiger partial charge in [-0.2, -0.15) is 4.98 Å². The Morgan fingerprint density at radius 1 is 1.40 bits per heavy atom. The lowest BCUT2D eigenvalue weighted by Crippen LogP contribution is -2.15. The van der Waals surface area contributed by atoms with Crippen molar-refractivity contribution in [2.45, 2.75) is 64.4 Å². The van der Waals surface area contributed by atoms with Crippen LogP contribution in [0.4, 0.5) is 5.69 Å². The van der Waals surface area contributed by atoms with Gasteiger partial charge in [0.2, 0.25) is 17.7 Å². The van der Waals surface area contributed by atoms with E-state index < -0.39 is 0 Å². The summed E-state index contributed by atoms with van der Waals surface area (Å²) in [6.07, 6.45) is 7.01. The van der Waals surface area contributed by atoms with E-state index in [0.717, 1.165) is 18.7 Å². The quantitative estimate of drug-likeness (QED) is 0.827. The van der Waals surface area contributed by atoms with Crippen LogP contribution in [0.25, 0.3) is 0 Å². The van der Waals surface area contributed by atoms with Crippen LogP contribution in [0.2, 0.25) is 0 Å². The van der Waals surface area contributed by atoms with Gasteiger partial charge in [-0.3, -0.25) is 4.79 Å². The van der Waals surface area contributed by atoms with Crippen LogP contribution < -0.4 is 10.1 Å². The molecule has 1 saturated carbocycles. The lowest BCUT2D eigenvalue weighted by Gasteiger charge is -2.13. The number of nitrogens with one attached hydrogen (secondary N) is 1. The molecule has 2 heterocycles. The van der Waals surface area contributed by atoms with E-state index in [4.69, 9.17) is 9.26 Å². The molecule has 1 aliphatic rings. The molecule has 2 aromatic heterocycles. The third kappa shape index (κ3) is 4.78. The first-order valence-electron chi connectivity index (χ1n) is 8.86. The molecule has 0 aliphatic heterocycles. The Labute approximate surface area is 147 Å². The lowest BCUT2D eigenvalue weighted by molar-refractivity contribution is -0.116. The number of aromatic nitrogens is 3. The van der Waals surface area contributed by atoms with Gasteiger partial charge in [-0.05, 0) is 38.8 Å². The molecule has 0 unspecified atom stereocenters. The molecule has 3 rings (SSSR count). The predicted molar refractivity (Wildman–Crippen MR) is 92.5 cm³/mol. The Kier molecular flexibility index (Phi) is 5.63. The number of anilines is 1. The second kappa shape index (κ2) is 8.09. The zero-order valence-corrected chi connectivity index (χ0v) is 14.7. The second-order valence-corrected chi connectivity index (χ2v) is 6.60. The van der Waals surface area contributed by atoms with Gasteiger partial charge in [-0.15, -0.1) is 0 Å². The van der Waals surface area contributed by atoms with E-state index >= 15 is 0 Å². The second-order valence-electron chi connectivity index (χ2n) is 6.60. The van der Waals surface area contributed by atoms with Crippen molar-refractivity contribution in [1.82, 2.24) is 15.1 Å². The van der Waals surface area contributed by atoms with Crippen LogP contribution in [-0.4, -0.2) is 27.1 Å². The van der Waals surface area contributed by atoms with Crippen molar-refractivity contribution in [2.75, 3.05) is 5.32 Å². The average molecular weight is 344 g/mol. The van der Waals surface area contributed by atoms with Crippen molar-refractivity contribution in [1.29, 1.82) is 0 Å². The van der Waals surface area contributed by atoms with E-state index in [9.17, 15) is 4.79 Å². The molecule has 1 fully saturated rings. The minimum absolute atomic E-state index is 0.0158. The highest BCUT2D eigenvalue weighted by atomic mass is 16.5. The fraction of sp³-hybridized carbons (Fsp3) is 0.556. The van der Waals surface area contributed by atoms with Crippen LogP contribution in [-0.2, 0) is 11.2 Å². The number of hydrogen-bond acceptors (Lipinski definition) is 6. The Hall–Kier alpha value is -2.44. The topological polar surface area (TPSA) is 90.1 Å². The Morgan fingerprint density at radius 3 is 2.96 bits per heavy atom. The van der Waals surface area contributed by atoms with E-state index in [2.05, 4.69) is 20.4 Å². The standard InChI is InChI=1S/C18H24N4O3/c1-12(2)24-18-14(8-5-11-19-18)20-15(23)9-10-16-21-17(22-25-16)13-6-3-4-7-13/h5,8,11-13H,3-4,6-7,9-10H2,1-2H3,(H,20,23). The Balaban J connectivity index is 1.53. The van der Waals surface area contributed by atoms with Crippen LogP contribution in [0.1, 0.15) is 63.6 Å². The molecular formula is C18H24N4O3. The minimum Gasteiger partial charge on any atom is -0.473 e. The van der Waals surface area contributed by atoms with Crippen molar-refractivity contribution < 1.29 is 14.1 Å². The van der Waals surface area contributed by atoms with Gasteiger partial charge in [0, 0.05) is 25.0 Å². The molecule has 0 atom stereocenters. The molecule has 1 N–H and O–H groups in total. The molecule has 0 bridgehead atoms. The first-order chi connectivity index (χ1) is 12.1. The fourth-order valence-electron chi connectivity index (χ4n) is 2.96. The molecule has 2 aromatic rings. The summed E-state index contributed by atoms with van der Waals surface area (Å²) >= 11 is 0. The SMILES string of the molecule is CC(C)Oc1ncccc1NC(=O)CCc1nc(C2CCCC2)no1. The van der Waals surface area contributed by atoms with E-state index in [1.165, 1.54) is 12.8 Å². The summed E-state index contributed by atoms with van der Waals surface area (Å²) in [6.45, 7) is 3.83. The fourth-order valence-corrected chi connectivity index (χ4v) is 2.96. The van der Waals surface area contributed by atoms with Crippen molar-refractivity contribution >= 4 is 11.6 Å². The third-order valence-electron chi connectivity index (χ3n) is 4.16. The molecule has 0 aromatic carbocycles. The zero-order chi connectivity index (χ0) is 17.6. The largest absolute Gasteiger partial charge is 0.473 e. The number of carbonyl (C=O) groups is 1. The zero-order valence-electron chi connectivity index (χ0n) is 14.7. The van der Waals surface area contributed by atoms with Crippen molar-refractivity contribution in [3.63, 3.8) is 0 Å². The van der Waals surface area contributed by atoms with Gasteiger partial charge in [-0.25, -0.2) is 4.98 Å². The summed E-state index contributed by atoms with van der Waals surface area (Å²) in [5.74, 6) is 2.00. The number of rotatable bonds is 7. The van der Waals surface area contributed by atoms with Gasteiger partial charge in [-0.1, -0.05) is 18.0 Å². The highest BCUT2D eigenvalue weighted by molar-refractivity contribution is 5.91. The van der Waals surface area contributed by atoms with E-state index in [1.54, 1.807) is 18.3 Å². The highest BCUT2D eigenvalue weighted by Crippen LogP contribution is 2.32. The normalized spacial score (nSPS) is 14.8. The van der Waals surface area contributed by atoms with E-state index in [0.29, 0.717) is 29.8 Å². The summed E-state index contributed by atoms with van der Waals surface area (Å²) in [6, 6.07) is 3.53. The van der Waals surface area contributed by atoms with Crippen LogP contribution in [0.15, 0.2) is 22.9 Å². The van der Waals surface area contributed by atoms with Gasteiger partial charge in [0.15, 0.2) is 5.82 Å². The maximum absolute atomic E-state index is 12.2. The van der Waals surface area contributed by atoms with Gasteiger partial charge >= 0.3 is 0 Å². The average Bonchev–Trinajstić information content (AvgIpc) is 3.25. The number of aryl methyl sites for hydroxylation is 1. The van der Waals surface area contributed by atoms with Crippen molar-refractivity contribution in [3.05, 3.63) is 30.0 Å².